The van der Waals surface area contributed by atoms with E-state index in [4.69, 9.17) is 11.0 Å². The van der Waals surface area contributed by atoms with Crippen LogP contribution in [0.2, 0.25) is 0 Å². The summed E-state index contributed by atoms with van der Waals surface area (Å²) in [6, 6.07) is 22.8. The van der Waals surface area contributed by atoms with E-state index >= 15 is 0 Å². The standard InChI is InChI=1S/C13H17N3.C8H11N/c14-10-11-6-8-16(9-7-11)13(15)12-4-2-1-3-5-12;1-9-7-8-5-3-2-4-6-8/h1-5,11,13H,6-9,15H2;2-6,9H,7H2,1H3. The second kappa shape index (κ2) is 10.6. The van der Waals surface area contributed by atoms with Crippen molar-refractivity contribution < 1.29 is 0 Å². The summed E-state index contributed by atoms with van der Waals surface area (Å²) < 4.78 is 0. The number of nitrogens with one attached hydrogen (secondary N) is 1. The summed E-state index contributed by atoms with van der Waals surface area (Å²) in [6.45, 7) is 2.81. The highest BCUT2D eigenvalue weighted by molar-refractivity contribution is 5.18. The van der Waals surface area contributed by atoms with E-state index in [0.717, 1.165) is 38.0 Å². The SMILES string of the molecule is CNCc1ccccc1.N#CC1CCN(C(N)c2ccccc2)CC1. The molecule has 2 aromatic rings. The van der Waals surface area contributed by atoms with E-state index in [2.05, 4.69) is 40.6 Å². The molecule has 132 valence electrons. The van der Waals surface area contributed by atoms with Crippen molar-refractivity contribution in [2.75, 3.05) is 20.1 Å². The molecule has 1 saturated heterocycles. The Morgan fingerprint density at radius 2 is 1.64 bits per heavy atom. The molecule has 0 amide bonds. The summed E-state index contributed by atoms with van der Waals surface area (Å²) in [5, 5.41) is 11.9. The molecule has 1 aliphatic heterocycles. The van der Waals surface area contributed by atoms with Gasteiger partial charge in [0.15, 0.2) is 0 Å². The van der Waals surface area contributed by atoms with Gasteiger partial charge in [0.05, 0.1) is 12.2 Å². The Bertz CT molecular complexity index is 628. The molecule has 4 heteroatoms. The summed E-state index contributed by atoms with van der Waals surface area (Å²) in [5.41, 5.74) is 8.68. The maximum Gasteiger partial charge on any atom is 0.0835 e. The molecule has 0 bridgehead atoms. The fourth-order valence-electron chi connectivity index (χ4n) is 2.97. The molecular weight excluding hydrogens is 308 g/mol. The van der Waals surface area contributed by atoms with Gasteiger partial charge in [0.1, 0.15) is 0 Å². The van der Waals surface area contributed by atoms with Crippen LogP contribution in [-0.4, -0.2) is 25.0 Å². The summed E-state index contributed by atoms with van der Waals surface area (Å²) in [5.74, 6) is 0.222. The second-order valence-corrected chi connectivity index (χ2v) is 6.31. The van der Waals surface area contributed by atoms with Crippen LogP contribution in [0, 0.1) is 17.2 Å². The molecule has 3 rings (SSSR count). The van der Waals surface area contributed by atoms with Crippen LogP contribution in [-0.2, 0) is 6.54 Å². The lowest BCUT2D eigenvalue weighted by Gasteiger charge is -2.33. The summed E-state index contributed by atoms with van der Waals surface area (Å²) in [4.78, 5) is 2.25. The second-order valence-electron chi connectivity index (χ2n) is 6.31. The van der Waals surface area contributed by atoms with Gasteiger partial charge in [-0.25, -0.2) is 0 Å². The maximum atomic E-state index is 8.83. The minimum Gasteiger partial charge on any atom is -0.316 e. The first kappa shape index (κ1) is 19.1. The summed E-state index contributed by atoms with van der Waals surface area (Å²) in [7, 11) is 1.95. The van der Waals surface area contributed by atoms with Gasteiger partial charge < -0.3 is 11.1 Å². The average molecular weight is 336 g/mol. The van der Waals surface area contributed by atoms with Crippen molar-refractivity contribution in [2.24, 2.45) is 11.7 Å². The van der Waals surface area contributed by atoms with Crippen LogP contribution in [0.3, 0.4) is 0 Å². The minimum absolute atomic E-state index is 0.0270. The van der Waals surface area contributed by atoms with E-state index in [9.17, 15) is 0 Å². The van der Waals surface area contributed by atoms with Crippen LogP contribution in [0.1, 0.15) is 30.1 Å². The van der Waals surface area contributed by atoms with Gasteiger partial charge in [-0.2, -0.15) is 5.26 Å². The third-order valence-electron chi connectivity index (χ3n) is 4.47. The van der Waals surface area contributed by atoms with Gasteiger partial charge in [-0.3, -0.25) is 4.90 Å². The fraction of sp³-hybridized carbons (Fsp3) is 0.381. The number of likely N-dealkylation sites (tertiary alicyclic amines) is 1. The minimum atomic E-state index is -0.0270. The molecule has 1 heterocycles. The molecule has 25 heavy (non-hydrogen) atoms. The largest absolute Gasteiger partial charge is 0.316 e. The molecule has 1 atom stereocenters. The number of nitrogens with zero attached hydrogens (tertiary/aromatic N) is 2. The van der Waals surface area contributed by atoms with E-state index in [1.54, 1.807) is 0 Å². The highest BCUT2D eigenvalue weighted by Gasteiger charge is 2.23. The fourth-order valence-corrected chi connectivity index (χ4v) is 2.97. The zero-order valence-electron chi connectivity index (χ0n) is 14.9. The van der Waals surface area contributed by atoms with Gasteiger partial charge in [0.25, 0.3) is 0 Å². The molecule has 0 spiro atoms. The Balaban J connectivity index is 0.000000212. The topological polar surface area (TPSA) is 65.1 Å². The van der Waals surface area contributed by atoms with Crippen molar-refractivity contribution in [3.05, 3.63) is 71.8 Å². The molecule has 1 fully saturated rings. The van der Waals surface area contributed by atoms with Gasteiger partial charge in [-0.1, -0.05) is 60.7 Å². The van der Waals surface area contributed by atoms with Gasteiger partial charge in [0, 0.05) is 25.6 Å². The van der Waals surface area contributed by atoms with Crippen LogP contribution in [0.5, 0.6) is 0 Å². The molecule has 0 aromatic heterocycles. The number of benzene rings is 2. The normalized spacial score (nSPS) is 16.4. The zero-order chi connectivity index (χ0) is 17.9. The lowest BCUT2D eigenvalue weighted by atomic mass is 9.97. The van der Waals surface area contributed by atoms with Crippen LogP contribution in [0.25, 0.3) is 0 Å². The van der Waals surface area contributed by atoms with Crippen LogP contribution in [0.4, 0.5) is 0 Å². The number of nitrogens with two attached hydrogens (primary N) is 1. The van der Waals surface area contributed by atoms with Crippen molar-refractivity contribution in [1.29, 1.82) is 5.26 Å². The van der Waals surface area contributed by atoms with E-state index in [1.807, 2.05) is 43.4 Å². The molecule has 1 aliphatic rings. The molecule has 2 aromatic carbocycles. The molecular formula is C21H28N4. The smallest absolute Gasteiger partial charge is 0.0835 e. The van der Waals surface area contributed by atoms with Crippen molar-refractivity contribution >= 4 is 0 Å². The van der Waals surface area contributed by atoms with E-state index in [-0.39, 0.29) is 12.1 Å². The number of hydrogen-bond donors (Lipinski definition) is 2. The first-order valence-corrected chi connectivity index (χ1v) is 8.87. The molecule has 3 N–H and O–H groups in total. The van der Waals surface area contributed by atoms with Gasteiger partial charge in [-0.15, -0.1) is 0 Å². The Labute approximate surface area is 151 Å². The molecule has 1 unspecified atom stereocenters. The lowest BCUT2D eigenvalue weighted by molar-refractivity contribution is 0.150. The predicted octanol–water partition coefficient (Wildman–Crippen LogP) is 3.29. The average Bonchev–Trinajstić information content (AvgIpc) is 2.70. The highest BCUT2D eigenvalue weighted by Crippen LogP contribution is 2.22. The molecule has 0 radical (unpaired) electrons. The number of hydrogen-bond acceptors (Lipinski definition) is 4. The van der Waals surface area contributed by atoms with Gasteiger partial charge in [0.2, 0.25) is 0 Å². The van der Waals surface area contributed by atoms with Gasteiger partial charge in [-0.05, 0) is 31.0 Å². The Hall–Kier alpha value is -2.19. The quantitative estimate of drug-likeness (QED) is 0.899. The highest BCUT2D eigenvalue weighted by atomic mass is 15.2. The number of piperidine rings is 1. The Kier molecular flexibility index (Phi) is 8.14. The molecule has 0 aliphatic carbocycles. The van der Waals surface area contributed by atoms with Crippen LogP contribution < -0.4 is 11.1 Å². The Morgan fingerprint density at radius 3 is 2.16 bits per heavy atom. The molecule has 4 nitrogen and oxygen atoms in total. The first-order chi connectivity index (χ1) is 12.2. The number of nitriles is 1. The lowest BCUT2D eigenvalue weighted by Crippen LogP contribution is -2.40. The molecule has 0 saturated carbocycles. The van der Waals surface area contributed by atoms with E-state index < -0.39 is 0 Å². The predicted molar refractivity (Wildman–Crippen MR) is 102 cm³/mol. The van der Waals surface area contributed by atoms with Crippen molar-refractivity contribution in [3.63, 3.8) is 0 Å². The van der Waals surface area contributed by atoms with Gasteiger partial charge >= 0.3 is 0 Å². The first-order valence-electron chi connectivity index (χ1n) is 8.87. The summed E-state index contributed by atoms with van der Waals surface area (Å²) in [6.07, 6.45) is 1.86. The van der Waals surface area contributed by atoms with Crippen molar-refractivity contribution in [3.8, 4) is 6.07 Å². The van der Waals surface area contributed by atoms with Crippen molar-refractivity contribution in [2.45, 2.75) is 25.6 Å². The maximum absolute atomic E-state index is 8.83. The summed E-state index contributed by atoms with van der Waals surface area (Å²) >= 11 is 0. The van der Waals surface area contributed by atoms with E-state index in [0.29, 0.717) is 0 Å². The van der Waals surface area contributed by atoms with Crippen molar-refractivity contribution in [1.82, 2.24) is 10.2 Å². The third kappa shape index (κ3) is 6.32. The Morgan fingerprint density at radius 1 is 1.08 bits per heavy atom. The zero-order valence-corrected chi connectivity index (χ0v) is 14.9. The van der Waals surface area contributed by atoms with E-state index in [1.165, 1.54) is 5.56 Å². The monoisotopic (exact) mass is 336 g/mol. The van der Waals surface area contributed by atoms with Crippen LogP contribution >= 0.6 is 0 Å². The number of rotatable bonds is 4. The van der Waals surface area contributed by atoms with Crippen LogP contribution in [0.15, 0.2) is 60.7 Å². The third-order valence-corrected chi connectivity index (χ3v) is 4.47.